The maximum atomic E-state index is 10.8. The predicted octanol–water partition coefficient (Wildman–Crippen LogP) is 7.13. The summed E-state index contributed by atoms with van der Waals surface area (Å²) in [6, 6.07) is 37.2. The molecule has 170 valence electrons. The van der Waals surface area contributed by atoms with Crippen molar-refractivity contribution < 1.29 is 26.2 Å². The summed E-state index contributed by atoms with van der Waals surface area (Å²) in [7, 11) is 0. The molecule has 2 aromatic heterocycles. The fraction of sp³-hybridized carbons (Fsp3) is 0.0667. The molecule has 0 aliphatic heterocycles. The largest absolute Gasteiger partial charge is 0.507 e. The first-order valence-corrected chi connectivity index (χ1v) is 11.0. The minimum atomic E-state index is 0. The van der Waals surface area contributed by atoms with Gasteiger partial charge in [0.25, 0.3) is 0 Å². The van der Waals surface area contributed by atoms with Gasteiger partial charge in [-0.1, -0.05) is 78.7 Å². The van der Waals surface area contributed by atoms with E-state index in [4.69, 9.17) is 4.98 Å². The van der Waals surface area contributed by atoms with E-state index in [-0.39, 0.29) is 32.7 Å². The van der Waals surface area contributed by atoms with Crippen LogP contribution in [0.1, 0.15) is 24.0 Å². The van der Waals surface area contributed by atoms with Gasteiger partial charge in [-0.3, -0.25) is 9.97 Å². The smallest absolute Gasteiger partial charge is 0.125 e. The first kappa shape index (κ1) is 23.6. The molecule has 0 fully saturated rings. The van der Waals surface area contributed by atoms with Gasteiger partial charge in [0.05, 0.1) is 5.69 Å². The summed E-state index contributed by atoms with van der Waals surface area (Å²) >= 11 is 0. The topological polar surface area (TPSA) is 46.0 Å². The van der Waals surface area contributed by atoms with Gasteiger partial charge in [0.1, 0.15) is 5.75 Å². The van der Waals surface area contributed by atoms with Crippen molar-refractivity contribution in [2.45, 2.75) is 12.8 Å². The SMILES string of the molecule is CC(c1ccccc1)c1ccc(-c2cccc(-c3[c-]c(-c4ccccn4)ccc3)n2)c(O)c1.[Pt]. The summed E-state index contributed by atoms with van der Waals surface area (Å²) in [5.41, 5.74) is 7.18. The molecule has 0 saturated heterocycles. The van der Waals surface area contributed by atoms with Crippen molar-refractivity contribution in [3.05, 3.63) is 127 Å². The minimum Gasteiger partial charge on any atom is -0.507 e. The number of phenolic OH excluding ortho intramolecular Hbond substituents is 1. The number of rotatable bonds is 5. The average molecular weight is 623 g/mol. The number of pyridine rings is 2. The van der Waals surface area contributed by atoms with Gasteiger partial charge in [0.2, 0.25) is 0 Å². The van der Waals surface area contributed by atoms with Crippen LogP contribution in [0.15, 0.2) is 109 Å². The molecule has 0 radical (unpaired) electrons. The Morgan fingerprint density at radius 3 is 2.09 bits per heavy atom. The van der Waals surface area contributed by atoms with Crippen LogP contribution < -0.4 is 0 Å². The van der Waals surface area contributed by atoms with Crippen LogP contribution in [0.4, 0.5) is 0 Å². The summed E-state index contributed by atoms with van der Waals surface area (Å²) < 4.78 is 0. The Balaban J connectivity index is 0.00000274. The first-order valence-electron chi connectivity index (χ1n) is 11.0. The zero-order chi connectivity index (χ0) is 22.6. The molecule has 5 rings (SSSR count). The third-order valence-corrected chi connectivity index (χ3v) is 5.86. The molecule has 4 heteroatoms. The third-order valence-electron chi connectivity index (χ3n) is 5.86. The molecule has 5 aromatic rings. The molecule has 0 amide bonds. The maximum Gasteiger partial charge on any atom is 0.125 e. The van der Waals surface area contributed by atoms with Crippen molar-refractivity contribution in [2.75, 3.05) is 0 Å². The second kappa shape index (κ2) is 10.6. The Labute approximate surface area is 214 Å². The molecule has 34 heavy (non-hydrogen) atoms. The van der Waals surface area contributed by atoms with Crippen LogP contribution >= 0.6 is 0 Å². The van der Waals surface area contributed by atoms with Crippen molar-refractivity contribution >= 4 is 0 Å². The van der Waals surface area contributed by atoms with E-state index in [2.05, 4.69) is 36.2 Å². The van der Waals surface area contributed by atoms with E-state index in [0.717, 1.165) is 33.8 Å². The number of aromatic hydroxyl groups is 1. The molecule has 0 spiro atoms. The van der Waals surface area contributed by atoms with E-state index < -0.39 is 0 Å². The Kier molecular flexibility index (Phi) is 7.35. The Morgan fingerprint density at radius 1 is 0.676 bits per heavy atom. The molecule has 3 aromatic carbocycles. The van der Waals surface area contributed by atoms with Crippen molar-refractivity contribution in [3.63, 3.8) is 0 Å². The molecule has 0 bridgehead atoms. The van der Waals surface area contributed by atoms with Crippen LogP contribution in [-0.2, 0) is 21.1 Å². The molecule has 3 nitrogen and oxygen atoms in total. The van der Waals surface area contributed by atoms with E-state index in [1.165, 1.54) is 5.56 Å². The fourth-order valence-electron chi connectivity index (χ4n) is 3.99. The summed E-state index contributed by atoms with van der Waals surface area (Å²) in [5.74, 6) is 0.417. The van der Waals surface area contributed by atoms with Crippen LogP contribution in [0, 0.1) is 6.07 Å². The Hall–Kier alpha value is -3.55. The standard InChI is InChI=1S/C30H23N2O.Pt/c1-21(22-9-3-2-4-10-22)23-16-17-26(30(33)20-23)29-15-8-14-28(32-29)25-12-7-11-24(19-25)27-13-5-6-18-31-27;/h2-18,20-21,33H,1H3;/q-1;. The van der Waals surface area contributed by atoms with Crippen LogP contribution in [0.3, 0.4) is 0 Å². The summed E-state index contributed by atoms with van der Waals surface area (Å²) in [6.45, 7) is 2.15. The van der Waals surface area contributed by atoms with E-state index in [1.807, 2.05) is 84.9 Å². The van der Waals surface area contributed by atoms with Crippen molar-refractivity contribution in [2.24, 2.45) is 0 Å². The second-order valence-corrected chi connectivity index (χ2v) is 8.01. The molecule has 1 atom stereocenters. The molecular weight excluding hydrogens is 599 g/mol. The van der Waals surface area contributed by atoms with Gasteiger partial charge in [0.15, 0.2) is 0 Å². The van der Waals surface area contributed by atoms with Gasteiger partial charge in [-0.2, -0.15) is 0 Å². The van der Waals surface area contributed by atoms with Crippen molar-refractivity contribution in [3.8, 4) is 39.5 Å². The van der Waals surface area contributed by atoms with Gasteiger partial charge in [-0.15, -0.1) is 24.3 Å². The molecule has 0 aliphatic rings. The number of benzene rings is 3. The number of hydrogen-bond acceptors (Lipinski definition) is 3. The van der Waals surface area contributed by atoms with Crippen LogP contribution in [0.5, 0.6) is 5.75 Å². The van der Waals surface area contributed by atoms with Crippen molar-refractivity contribution in [1.29, 1.82) is 0 Å². The second-order valence-electron chi connectivity index (χ2n) is 8.01. The zero-order valence-electron chi connectivity index (χ0n) is 18.6. The molecule has 1 N–H and O–H groups in total. The van der Waals surface area contributed by atoms with E-state index in [0.29, 0.717) is 5.56 Å². The van der Waals surface area contributed by atoms with Gasteiger partial charge in [0, 0.05) is 50.1 Å². The minimum absolute atomic E-state index is 0. The predicted molar refractivity (Wildman–Crippen MR) is 133 cm³/mol. The average Bonchev–Trinajstić information content (AvgIpc) is 2.89. The molecule has 0 saturated carbocycles. The first-order chi connectivity index (χ1) is 16.2. The van der Waals surface area contributed by atoms with Gasteiger partial charge < -0.3 is 5.11 Å². The van der Waals surface area contributed by atoms with E-state index >= 15 is 0 Å². The summed E-state index contributed by atoms with van der Waals surface area (Å²) in [6.07, 6.45) is 1.78. The monoisotopic (exact) mass is 622 g/mol. The molecule has 0 aliphatic carbocycles. The third kappa shape index (κ3) is 5.00. The van der Waals surface area contributed by atoms with Gasteiger partial charge in [-0.25, -0.2) is 0 Å². The molecular formula is C30H23N2OPt-. The van der Waals surface area contributed by atoms with Crippen LogP contribution in [0.25, 0.3) is 33.8 Å². The number of phenols is 1. The number of nitrogens with zero attached hydrogens (tertiary/aromatic N) is 2. The fourth-order valence-corrected chi connectivity index (χ4v) is 3.99. The van der Waals surface area contributed by atoms with E-state index in [1.54, 1.807) is 6.20 Å². The Bertz CT molecular complexity index is 1390. The Morgan fingerprint density at radius 2 is 1.35 bits per heavy atom. The quantitative estimate of drug-likeness (QED) is 0.212. The van der Waals surface area contributed by atoms with Gasteiger partial charge in [-0.05, 0) is 35.4 Å². The summed E-state index contributed by atoms with van der Waals surface area (Å²) in [5, 5.41) is 10.8. The molecule has 2 heterocycles. The van der Waals surface area contributed by atoms with Gasteiger partial charge >= 0.3 is 0 Å². The normalized spacial score (nSPS) is 11.4. The maximum absolute atomic E-state index is 10.8. The number of hydrogen-bond donors (Lipinski definition) is 1. The zero-order valence-corrected chi connectivity index (χ0v) is 20.9. The summed E-state index contributed by atoms with van der Waals surface area (Å²) in [4.78, 5) is 9.25. The van der Waals surface area contributed by atoms with Crippen LogP contribution in [-0.4, -0.2) is 15.1 Å². The number of aromatic nitrogens is 2. The molecule has 1 unspecified atom stereocenters. The van der Waals surface area contributed by atoms with Crippen LogP contribution in [0.2, 0.25) is 0 Å². The van der Waals surface area contributed by atoms with E-state index in [9.17, 15) is 5.11 Å². The van der Waals surface area contributed by atoms with Crippen molar-refractivity contribution in [1.82, 2.24) is 9.97 Å².